The van der Waals surface area contributed by atoms with Crippen LogP contribution in [-0.2, 0) is 4.74 Å². The molecule has 7 nitrogen and oxygen atoms in total. The van der Waals surface area contributed by atoms with Crippen molar-refractivity contribution in [2.24, 2.45) is 5.10 Å². The van der Waals surface area contributed by atoms with Gasteiger partial charge in [-0.25, -0.2) is 5.01 Å². The molecule has 1 fully saturated rings. The summed E-state index contributed by atoms with van der Waals surface area (Å²) in [7, 11) is 1.63. The van der Waals surface area contributed by atoms with Gasteiger partial charge in [0, 0.05) is 25.2 Å². The van der Waals surface area contributed by atoms with Crippen LogP contribution in [0.2, 0.25) is 0 Å². The summed E-state index contributed by atoms with van der Waals surface area (Å²) >= 11 is 1.35. The first-order chi connectivity index (χ1) is 13.7. The van der Waals surface area contributed by atoms with Crippen LogP contribution >= 0.6 is 11.8 Å². The van der Waals surface area contributed by atoms with Gasteiger partial charge in [0.25, 0.3) is 0 Å². The van der Waals surface area contributed by atoms with Gasteiger partial charge in [-0.1, -0.05) is 18.7 Å². The van der Waals surface area contributed by atoms with Crippen LogP contribution in [0, 0.1) is 0 Å². The molecule has 3 rings (SSSR count). The van der Waals surface area contributed by atoms with Crippen molar-refractivity contribution in [2.45, 2.75) is 25.5 Å². The van der Waals surface area contributed by atoms with Crippen LogP contribution in [0.4, 0.5) is 4.79 Å². The Labute approximate surface area is 171 Å². The van der Waals surface area contributed by atoms with E-state index in [4.69, 9.17) is 19.3 Å². The zero-order valence-electron chi connectivity index (χ0n) is 16.8. The van der Waals surface area contributed by atoms with Crippen molar-refractivity contribution >= 4 is 22.7 Å². The molecule has 0 saturated carbocycles. The van der Waals surface area contributed by atoms with Gasteiger partial charge in [-0.2, -0.15) is 5.10 Å². The molecule has 0 aromatic heterocycles. The van der Waals surface area contributed by atoms with Crippen LogP contribution in [0.15, 0.2) is 23.3 Å². The summed E-state index contributed by atoms with van der Waals surface area (Å²) in [6.07, 6.45) is 0.835. The second-order valence-electron chi connectivity index (χ2n) is 6.64. The number of amides is 1. The predicted molar refractivity (Wildman–Crippen MR) is 112 cm³/mol. The third-order valence-electron chi connectivity index (χ3n) is 4.85. The summed E-state index contributed by atoms with van der Waals surface area (Å²) in [5.74, 6) is 1.39. The number of rotatable bonds is 8. The summed E-state index contributed by atoms with van der Waals surface area (Å²) in [5.41, 5.74) is 1.87. The molecular weight excluding hydrogens is 378 g/mol. The highest BCUT2D eigenvalue weighted by Crippen LogP contribution is 2.33. The third-order valence-corrected chi connectivity index (χ3v) is 6.10. The Kier molecular flexibility index (Phi) is 7.58. The van der Waals surface area contributed by atoms with Gasteiger partial charge in [-0.3, -0.25) is 9.69 Å². The van der Waals surface area contributed by atoms with Crippen molar-refractivity contribution in [3.05, 3.63) is 23.8 Å². The molecule has 1 aromatic carbocycles. The Balaban J connectivity index is 1.80. The maximum absolute atomic E-state index is 12.6. The number of nitrogens with zero attached hydrogens (tertiary/aromatic N) is 3. The number of carbonyl (C=O) groups is 1. The summed E-state index contributed by atoms with van der Waals surface area (Å²) < 4.78 is 16.5. The lowest BCUT2D eigenvalue weighted by molar-refractivity contribution is 0.0354. The SMILES string of the molecule is CCOc1ccc(C2=NN(CCN3CCOCC3)C(=O)SC2CC)cc1OC. The van der Waals surface area contributed by atoms with Gasteiger partial charge in [0.2, 0.25) is 0 Å². The van der Waals surface area contributed by atoms with E-state index in [-0.39, 0.29) is 10.5 Å². The fourth-order valence-corrected chi connectivity index (χ4v) is 4.26. The number of benzene rings is 1. The number of morpholine rings is 1. The molecule has 8 heteroatoms. The van der Waals surface area contributed by atoms with Gasteiger partial charge >= 0.3 is 5.24 Å². The van der Waals surface area contributed by atoms with Crippen LogP contribution in [0.3, 0.4) is 0 Å². The van der Waals surface area contributed by atoms with Crippen LogP contribution in [0.1, 0.15) is 25.8 Å². The molecule has 28 heavy (non-hydrogen) atoms. The Morgan fingerprint density at radius 2 is 2.00 bits per heavy atom. The van der Waals surface area contributed by atoms with Crippen LogP contribution < -0.4 is 9.47 Å². The monoisotopic (exact) mass is 407 g/mol. The Hall–Kier alpha value is -1.77. The van der Waals surface area contributed by atoms with E-state index in [1.54, 1.807) is 12.1 Å². The highest BCUT2D eigenvalue weighted by atomic mass is 32.2. The normalized spacial score (nSPS) is 20.8. The number of hydrogen-bond donors (Lipinski definition) is 0. The summed E-state index contributed by atoms with van der Waals surface area (Å²) in [4.78, 5) is 14.9. The summed E-state index contributed by atoms with van der Waals surface area (Å²) in [6, 6.07) is 5.85. The molecule has 2 aliphatic heterocycles. The van der Waals surface area contributed by atoms with E-state index in [2.05, 4.69) is 11.8 Å². The molecule has 1 aromatic rings. The molecule has 1 saturated heterocycles. The first kappa shape index (κ1) is 21.0. The summed E-state index contributed by atoms with van der Waals surface area (Å²) in [5, 5.41) is 6.40. The average molecular weight is 408 g/mol. The van der Waals surface area contributed by atoms with Gasteiger partial charge < -0.3 is 14.2 Å². The second kappa shape index (κ2) is 10.1. The van der Waals surface area contributed by atoms with Crippen molar-refractivity contribution in [3.63, 3.8) is 0 Å². The average Bonchev–Trinajstić information content (AvgIpc) is 2.74. The van der Waals surface area contributed by atoms with Crippen LogP contribution in [0.25, 0.3) is 0 Å². The maximum atomic E-state index is 12.6. The molecular formula is C20H29N3O4S. The molecule has 154 valence electrons. The highest BCUT2D eigenvalue weighted by Gasteiger charge is 2.30. The Morgan fingerprint density at radius 1 is 1.21 bits per heavy atom. The lowest BCUT2D eigenvalue weighted by Gasteiger charge is -2.31. The molecule has 0 spiro atoms. The van der Waals surface area contributed by atoms with E-state index >= 15 is 0 Å². The van der Waals surface area contributed by atoms with Gasteiger partial charge in [0.05, 0.1) is 44.4 Å². The zero-order chi connectivity index (χ0) is 19.9. The fraction of sp³-hybridized carbons (Fsp3) is 0.600. The van der Waals surface area contributed by atoms with E-state index < -0.39 is 0 Å². The van der Waals surface area contributed by atoms with E-state index in [0.29, 0.717) is 24.7 Å². The van der Waals surface area contributed by atoms with Crippen molar-refractivity contribution in [1.29, 1.82) is 0 Å². The number of carbonyl (C=O) groups excluding carboxylic acids is 1. The van der Waals surface area contributed by atoms with Crippen molar-refractivity contribution in [1.82, 2.24) is 9.91 Å². The van der Waals surface area contributed by atoms with Crippen LogP contribution in [0.5, 0.6) is 11.5 Å². The van der Waals surface area contributed by atoms with Crippen molar-refractivity contribution in [2.75, 3.05) is 53.1 Å². The minimum atomic E-state index is 0.0155. The van der Waals surface area contributed by atoms with E-state index in [1.807, 2.05) is 25.1 Å². The third kappa shape index (κ3) is 4.98. The minimum absolute atomic E-state index is 0.0155. The molecule has 2 aliphatic rings. The lowest BCUT2D eigenvalue weighted by atomic mass is 10.0. The molecule has 0 N–H and O–H groups in total. The molecule has 0 aliphatic carbocycles. The lowest BCUT2D eigenvalue weighted by Crippen LogP contribution is -2.43. The standard InChI is InChI=1S/C20H29N3O4S/c1-4-18-19(15-6-7-16(27-5-2)17(14-15)25-3)21-23(20(24)28-18)9-8-22-10-12-26-13-11-22/h6-7,14,18H,4-5,8-13H2,1-3H3. The second-order valence-corrected chi connectivity index (χ2v) is 7.80. The van der Waals surface area contributed by atoms with E-state index in [1.165, 1.54) is 11.8 Å². The summed E-state index contributed by atoms with van der Waals surface area (Å²) in [6.45, 7) is 9.29. The van der Waals surface area contributed by atoms with Gasteiger partial charge in [0.1, 0.15) is 0 Å². The van der Waals surface area contributed by atoms with Gasteiger partial charge in [-0.15, -0.1) is 0 Å². The molecule has 2 heterocycles. The number of hydrazone groups is 1. The van der Waals surface area contributed by atoms with Crippen molar-refractivity contribution < 1.29 is 19.0 Å². The molecule has 1 atom stereocenters. The van der Waals surface area contributed by atoms with E-state index in [9.17, 15) is 4.79 Å². The number of hydrogen-bond acceptors (Lipinski definition) is 7. The van der Waals surface area contributed by atoms with E-state index in [0.717, 1.165) is 50.5 Å². The largest absolute Gasteiger partial charge is 0.493 e. The smallest absolute Gasteiger partial charge is 0.302 e. The Morgan fingerprint density at radius 3 is 2.68 bits per heavy atom. The minimum Gasteiger partial charge on any atom is -0.493 e. The quantitative estimate of drug-likeness (QED) is 0.660. The number of ether oxygens (including phenoxy) is 3. The molecule has 1 amide bonds. The van der Waals surface area contributed by atoms with Gasteiger partial charge in [0.15, 0.2) is 11.5 Å². The highest BCUT2D eigenvalue weighted by molar-refractivity contribution is 8.14. The number of thioether (sulfide) groups is 1. The zero-order valence-corrected chi connectivity index (χ0v) is 17.7. The Bertz CT molecular complexity index is 707. The number of methoxy groups -OCH3 is 1. The maximum Gasteiger partial charge on any atom is 0.302 e. The van der Waals surface area contributed by atoms with Gasteiger partial charge in [-0.05, 0) is 31.5 Å². The fourth-order valence-electron chi connectivity index (χ4n) is 3.30. The molecule has 0 radical (unpaired) electrons. The first-order valence-electron chi connectivity index (χ1n) is 9.84. The topological polar surface area (TPSA) is 63.6 Å². The first-order valence-corrected chi connectivity index (χ1v) is 10.7. The van der Waals surface area contributed by atoms with Crippen molar-refractivity contribution in [3.8, 4) is 11.5 Å². The molecule has 1 unspecified atom stereocenters. The molecule has 0 bridgehead atoms. The predicted octanol–water partition coefficient (Wildman–Crippen LogP) is 3.08. The van der Waals surface area contributed by atoms with Crippen LogP contribution in [-0.4, -0.2) is 79.2 Å².